The van der Waals surface area contributed by atoms with Crippen molar-refractivity contribution in [1.82, 2.24) is 4.98 Å². The molecule has 0 saturated heterocycles. The summed E-state index contributed by atoms with van der Waals surface area (Å²) >= 11 is 0. The number of pyridine rings is 1. The van der Waals surface area contributed by atoms with Gasteiger partial charge in [-0.25, -0.2) is 4.79 Å². The van der Waals surface area contributed by atoms with Gasteiger partial charge in [-0.1, -0.05) is 0 Å². The summed E-state index contributed by atoms with van der Waals surface area (Å²) in [6, 6.07) is 1.71. The Kier molecular flexibility index (Phi) is 3.93. The van der Waals surface area contributed by atoms with Crippen molar-refractivity contribution in [3.8, 4) is 5.75 Å². The number of nitrogens with zero attached hydrogens (tertiary/aromatic N) is 1. The molecule has 19 heavy (non-hydrogen) atoms. The standard InChI is InChI=1S/C14H20N2O3/c1-14(2,3)19-13(17)16-11-7-8-15-9-12(11)18-10-5-4-6-10/h7-10H,4-6H2,1-3H3,(H,15,16,17). The zero-order valence-corrected chi connectivity index (χ0v) is 11.6. The highest BCUT2D eigenvalue weighted by atomic mass is 16.6. The van der Waals surface area contributed by atoms with Crippen LogP contribution < -0.4 is 10.1 Å². The Balaban J connectivity index is 2.00. The van der Waals surface area contributed by atoms with Gasteiger partial charge in [0.1, 0.15) is 5.60 Å². The summed E-state index contributed by atoms with van der Waals surface area (Å²) < 4.78 is 11.0. The van der Waals surface area contributed by atoms with Gasteiger partial charge in [-0.3, -0.25) is 10.3 Å². The van der Waals surface area contributed by atoms with Gasteiger partial charge in [-0.15, -0.1) is 0 Å². The first-order valence-electron chi connectivity index (χ1n) is 6.55. The van der Waals surface area contributed by atoms with E-state index in [1.807, 2.05) is 20.8 Å². The van der Waals surface area contributed by atoms with E-state index in [2.05, 4.69) is 10.3 Å². The van der Waals surface area contributed by atoms with Crippen molar-refractivity contribution in [2.45, 2.75) is 51.7 Å². The van der Waals surface area contributed by atoms with Gasteiger partial charge in [-0.05, 0) is 46.1 Å². The fourth-order valence-electron chi connectivity index (χ4n) is 1.66. The zero-order valence-electron chi connectivity index (χ0n) is 11.6. The molecule has 0 unspecified atom stereocenters. The predicted octanol–water partition coefficient (Wildman–Crippen LogP) is 3.36. The molecule has 1 amide bonds. The lowest BCUT2D eigenvalue weighted by atomic mass is 9.96. The lowest BCUT2D eigenvalue weighted by Gasteiger charge is -2.27. The van der Waals surface area contributed by atoms with Gasteiger partial charge < -0.3 is 9.47 Å². The Bertz CT molecular complexity index is 450. The Hall–Kier alpha value is -1.78. The summed E-state index contributed by atoms with van der Waals surface area (Å²) in [7, 11) is 0. The molecule has 1 saturated carbocycles. The molecule has 1 N–H and O–H groups in total. The molecule has 1 aromatic heterocycles. The lowest BCUT2D eigenvalue weighted by molar-refractivity contribution is 0.0633. The number of amides is 1. The van der Waals surface area contributed by atoms with Crippen LogP contribution in [0.3, 0.4) is 0 Å². The van der Waals surface area contributed by atoms with Crippen LogP contribution >= 0.6 is 0 Å². The van der Waals surface area contributed by atoms with Gasteiger partial charge in [0.2, 0.25) is 0 Å². The van der Waals surface area contributed by atoms with E-state index in [1.54, 1.807) is 18.5 Å². The maximum Gasteiger partial charge on any atom is 0.412 e. The van der Waals surface area contributed by atoms with Crippen molar-refractivity contribution < 1.29 is 14.3 Å². The van der Waals surface area contributed by atoms with Crippen LogP contribution in [0.4, 0.5) is 10.5 Å². The normalized spacial score (nSPS) is 15.5. The Morgan fingerprint density at radius 2 is 2.16 bits per heavy atom. The van der Waals surface area contributed by atoms with E-state index in [-0.39, 0.29) is 6.10 Å². The fraction of sp³-hybridized carbons (Fsp3) is 0.571. The Labute approximate surface area is 113 Å². The van der Waals surface area contributed by atoms with Crippen molar-refractivity contribution >= 4 is 11.8 Å². The molecule has 0 atom stereocenters. The van der Waals surface area contributed by atoms with Gasteiger partial charge in [0.05, 0.1) is 18.0 Å². The van der Waals surface area contributed by atoms with E-state index in [0.29, 0.717) is 11.4 Å². The van der Waals surface area contributed by atoms with E-state index >= 15 is 0 Å². The maximum atomic E-state index is 11.7. The lowest BCUT2D eigenvalue weighted by Crippen LogP contribution is -2.28. The topological polar surface area (TPSA) is 60.5 Å². The molecule has 0 bridgehead atoms. The first-order chi connectivity index (χ1) is 8.94. The largest absolute Gasteiger partial charge is 0.487 e. The zero-order chi connectivity index (χ0) is 13.9. The van der Waals surface area contributed by atoms with Crippen molar-refractivity contribution in [2.75, 3.05) is 5.32 Å². The molecule has 1 aliphatic carbocycles. The second-order valence-corrected chi connectivity index (χ2v) is 5.67. The number of hydrogen-bond acceptors (Lipinski definition) is 4. The van der Waals surface area contributed by atoms with Crippen LogP contribution in [0.1, 0.15) is 40.0 Å². The van der Waals surface area contributed by atoms with Crippen LogP contribution in [0, 0.1) is 0 Å². The second-order valence-electron chi connectivity index (χ2n) is 5.67. The monoisotopic (exact) mass is 264 g/mol. The average Bonchev–Trinajstić information content (AvgIpc) is 2.22. The molecule has 0 spiro atoms. The third-order valence-corrected chi connectivity index (χ3v) is 2.77. The minimum absolute atomic E-state index is 0.239. The molecule has 0 radical (unpaired) electrons. The highest BCUT2D eigenvalue weighted by Crippen LogP contribution is 2.30. The highest BCUT2D eigenvalue weighted by Gasteiger charge is 2.22. The summed E-state index contributed by atoms with van der Waals surface area (Å²) in [4.78, 5) is 15.8. The van der Waals surface area contributed by atoms with Gasteiger partial charge >= 0.3 is 6.09 Å². The van der Waals surface area contributed by atoms with Crippen LogP contribution in [0.5, 0.6) is 5.75 Å². The van der Waals surface area contributed by atoms with Gasteiger partial charge in [0.25, 0.3) is 0 Å². The predicted molar refractivity (Wildman–Crippen MR) is 72.4 cm³/mol. The average molecular weight is 264 g/mol. The molecule has 104 valence electrons. The molecule has 0 aromatic carbocycles. The number of ether oxygens (including phenoxy) is 2. The molecular formula is C14H20N2O3. The summed E-state index contributed by atoms with van der Waals surface area (Å²) in [5.41, 5.74) is 0.0719. The first kappa shape index (κ1) is 13.6. The van der Waals surface area contributed by atoms with Crippen molar-refractivity contribution in [2.24, 2.45) is 0 Å². The molecule has 1 aromatic rings. The minimum Gasteiger partial charge on any atom is -0.487 e. The van der Waals surface area contributed by atoms with Gasteiger partial charge in [0.15, 0.2) is 5.75 Å². The van der Waals surface area contributed by atoms with E-state index in [4.69, 9.17) is 9.47 Å². The molecule has 2 rings (SSSR count). The van der Waals surface area contributed by atoms with E-state index in [0.717, 1.165) is 12.8 Å². The van der Waals surface area contributed by atoms with E-state index in [9.17, 15) is 4.79 Å². The van der Waals surface area contributed by atoms with Crippen molar-refractivity contribution in [3.05, 3.63) is 18.5 Å². The van der Waals surface area contributed by atoms with Gasteiger partial charge in [-0.2, -0.15) is 0 Å². The second kappa shape index (κ2) is 5.47. The number of rotatable bonds is 3. The molecule has 1 aliphatic rings. The number of nitrogens with one attached hydrogen (secondary N) is 1. The smallest absolute Gasteiger partial charge is 0.412 e. The Morgan fingerprint density at radius 1 is 1.42 bits per heavy atom. The first-order valence-corrected chi connectivity index (χ1v) is 6.55. The number of aromatic nitrogens is 1. The van der Waals surface area contributed by atoms with Crippen LogP contribution in [0.15, 0.2) is 18.5 Å². The highest BCUT2D eigenvalue weighted by molar-refractivity contribution is 5.86. The Morgan fingerprint density at radius 3 is 2.74 bits per heavy atom. The molecule has 1 fully saturated rings. The van der Waals surface area contributed by atoms with Gasteiger partial charge in [0, 0.05) is 6.20 Å². The van der Waals surface area contributed by atoms with Crippen LogP contribution in [-0.2, 0) is 4.74 Å². The molecule has 1 heterocycles. The van der Waals surface area contributed by atoms with Crippen LogP contribution in [-0.4, -0.2) is 22.8 Å². The third-order valence-electron chi connectivity index (χ3n) is 2.77. The minimum atomic E-state index is -0.522. The summed E-state index contributed by atoms with van der Waals surface area (Å²) in [6.45, 7) is 5.47. The maximum absolute atomic E-state index is 11.7. The number of hydrogen-bond donors (Lipinski definition) is 1. The summed E-state index contributed by atoms with van der Waals surface area (Å²) in [5.74, 6) is 0.595. The number of carbonyl (C=O) groups is 1. The third kappa shape index (κ3) is 4.12. The van der Waals surface area contributed by atoms with Crippen molar-refractivity contribution in [1.29, 1.82) is 0 Å². The quantitative estimate of drug-likeness (QED) is 0.909. The molecule has 0 aliphatic heterocycles. The summed E-state index contributed by atoms with van der Waals surface area (Å²) in [6.07, 6.45) is 6.28. The number of anilines is 1. The molecule has 5 nitrogen and oxygen atoms in total. The molecule has 5 heteroatoms. The SMILES string of the molecule is CC(C)(C)OC(=O)Nc1ccncc1OC1CCC1. The molecular weight excluding hydrogens is 244 g/mol. The van der Waals surface area contributed by atoms with Crippen LogP contribution in [0.25, 0.3) is 0 Å². The van der Waals surface area contributed by atoms with E-state index in [1.165, 1.54) is 6.42 Å². The summed E-state index contributed by atoms with van der Waals surface area (Å²) in [5, 5.41) is 2.69. The van der Waals surface area contributed by atoms with Crippen LogP contribution in [0.2, 0.25) is 0 Å². The van der Waals surface area contributed by atoms with E-state index < -0.39 is 11.7 Å². The number of carbonyl (C=O) groups excluding carboxylic acids is 1. The van der Waals surface area contributed by atoms with Crippen molar-refractivity contribution in [3.63, 3.8) is 0 Å². The fourth-order valence-corrected chi connectivity index (χ4v) is 1.66.